The van der Waals surface area contributed by atoms with E-state index in [0.29, 0.717) is 21.6 Å². The molecule has 3 aromatic rings. The van der Waals surface area contributed by atoms with Gasteiger partial charge in [-0.25, -0.2) is 10.8 Å². The molecule has 1 aromatic carbocycles. The number of benzene rings is 1. The van der Waals surface area contributed by atoms with Crippen molar-refractivity contribution in [1.82, 2.24) is 9.55 Å². The van der Waals surface area contributed by atoms with Crippen molar-refractivity contribution in [3.8, 4) is 0 Å². The van der Waals surface area contributed by atoms with Crippen LogP contribution in [0.3, 0.4) is 0 Å². The van der Waals surface area contributed by atoms with Crippen molar-refractivity contribution in [3.63, 3.8) is 0 Å². The molecule has 0 spiro atoms. The minimum Gasteiger partial charge on any atom is -0.308 e. The molecule has 106 valence electrons. The van der Waals surface area contributed by atoms with Gasteiger partial charge in [-0.2, -0.15) is 0 Å². The average molecular weight is 300 g/mol. The second-order valence-electron chi connectivity index (χ2n) is 4.41. The van der Waals surface area contributed by atoms with E-state index in [1.165, 1.54) is 4.57 Å². The summed E-state index contributed by atoms with van der Waals surface area (Å²) in [7, 11) is 0. The van der Waals surface area contributed by atoms with Gasteiger partial charge in [-0.1, -0.05) is 29.5 Å². The zero-order valence-electron chi connectivity index (χ0n) is 10.9. The maximum atomic E-state index is 12.4. The van der Waals surface area contributed by atoms with Gasteiger partial charge < -0.3 is 5.43 Å². The van der Waals surface area contributed by atoms with Crippen LogP contribution in [0.1, 0.15) is 5.69 Å². The zero-order valence-corrected chi connectivity index (χ0v) is 11.8. The van der Waals surface area contributed by atoms with Crippen LogP contribution in [0.15, 0.2) is 52.1 Å². The Balaban J connectivity index is 2.12. The summed E-state index contributed by atoms with van der Waals surface area (Å²) in [5, 5.41) is 0.537. The summed E-state index contributed by atoms with van der Waals surface area (Å²) < 4.78 is 1.88. The third kappa shape index (κ3) is 2.56. The molecule has 2 aromatic heterocycles. The highest BCUT2D eigenvalue weighted by molar-refractivity contribution is 7.16. The number of fused-ring (bicyclic) bond motifs is 1. The summed E-state index contributed by atoms with van der Waals surface area (Å²) in [4.78, 5) is 28.5. The second kappa shape index (κ2) is 5.47. The summed E-state index contributed by atoms with van der Waals surface area (Å²) in [5.74, 6) is 5.79. The summed E-state index contributed by atoms with van der Waals surface area (Å²) in [5.41, 5.74) is 2.72. The number of hydrogen-bond donors (Lipinski definition) is 2. The molecule has 21 heavy (non-hydrogen) atoms. The number of anilines is 1. The number of nitrogens with zero attached hydrogens (tertiary/aromatic N) is 2. The molecule has 3 rings (SSSR count). The molecule has 0 saturated heterocycles. The number of nitrogens with two attached hydrogens (primary N) is 1. The highest BCUT2D eigenvalue weighted by atomic mass is 32.1. The molecule has 3 N–H and O–H groups in total. The first-order valence-electron chi connectivity index (χ1n) is 6.24. The monoisotopic (exact) mass is 300 g/mol. The van der Waals surface area contributed by atoms with Gasteiger partial charge in [0.2, 0.25) is 0 Å². The number of aromatic nitrogens is 2. The van der Waals surface area contributed by atoms with Crippen LogP contribution in [0.2, 0.25) is 0 Å². The maximum absolute atomic E-state index is 12.4. The van der Waals surface area contributed by atoms with Crippen molar-refractivity contribution < 1.29 is 0 Å². The normalized spacial score (nSPS) is 10.7. The van der Waals surface area contributed by atoms with Crippen LogP contribution in [-0.4, -0.2) is 9.55 Å². The molecule has 0 aliphatic heterocycles. The Morgan fingerprint density at radius 1 is 1.14 bits per heavy atom. The predicted molar refractivity (Wildman–Crippen MR) is 83.5 cm³/mol. The van der Waals surface area contributed by atoms with Crippen molar-refractivity contribution in [2.45, 2.75) is 6.54 Å². The fourth-order valence-corrected chi connectivity index (χ4v) is 2.91. The minimum absolute atomic E-state index is 0.120. The maximum Gasteiger partial charge on any atom is 0.310 e. The van der Waals surface area contributed by atoms with Gasteiger partial charge in [0.15, 0.2) is 0 Å². The molecular weight excluding hydrogens is 288 g/mol. The summed E-state index contributed by atoms with van der Waals surface area (Å²) in [6.07, 6.45) is 0. The zero-order chi connectivity index (χ0) is 14.8. The summed E-state index contributed by atoms with van der Waals surface area (Å²) in [6, 6.07) is 12.3. The van der Waals surface area contributed by atoms with Crippen LogP contribution in [0, 0.1) is 0 Å². The van der Waals surface area contributed by atoms with Crippen LogP contribution in [-0.2, 0) is 6.54 Å². The summed E-state index contributed by atoms with van der Waals surface area (Å²) in [6.45, 7) is 0.120. The van der Waals surface area contributed by atoms with E-state index in [4.69, 9.17) is 5.84 Å². The third-order valence-electron chi connectivity index (χ3n) is 3.06. The first-order chi connectivity index (χ1) is 10.2. The SMILES string of the molecule is NNc1cccc(Cn2c(=O)sc3ccccc3c2=O)n1. The number of hydrogen-bond acceptors (Lipinski definition) is 6. The largest absolute Gasteiger partial charge is 0.310 e. The third-order valence-corrected chi connectivity index (χ3v) is 4.03. The van der Waals surface area contributed by atoms with Crippen molar-refractivity contribution in [2.75, 3.05) is 5.43 Å². The standard InChI is InChI=1S/C14H12N4O2S/c15-17-12-7-3-4-9(16-12)8-18-13(19)10-5-1-2-6-11(10)21-14(18)20/h1-7H,8,15H2,(H,16,17). The van der Waals surface area contributed by atoms with Gasteiger partial charge >= 0.3 is 4.87 Å². The number of hydrazine groups is 1. The van der Waals surface area contributed by atoms with Gasteiger partial charge in [0.1, 0.15) is 5.82 Å². The number of nitrogen functional groups attached to an aromatic ring is 1. The van der Waals surface area contributed by atoms with Crippen LogP contribution < -0.4 is 21.7 Å². The van der Waals surface area contributed by atoms with E-state index >= 15 is 0 Å². The average Bonchev–Trinajstić information content (AvgIpc) is 2.51. The lowest BCUT2D eigenvalue weighted by Crippen LogP contribution is -2.31. The molecule has 0 unspecified atom stereocenters. The van der Waals surface area contributed by atoms with Gasteiger partial charge in [-0.05, 0) is 24.3 Å². The molecule has 0 amide bonds. The Morgan fingerprint density at radius 3 is 2.76 bits per heavy atom. The van der Waals surface area contributed by atoms with E-state index in [0.717, 1.165) is 11.3 Å². The number of rotatable bonds is 3. The topological polar surface area (TPSA) is 90.0 Å². The van der Waals surface area contributed by atoms with Crippen LogP contribution in [0.25, 0.3) is 10.1 Å². The second-order valence-corrected chi connectivity index (χ2v) is 5.41. The van der Waals surface area contributed by atoms with Crippen LogP contribution in [0.5, 0.6) is 0 Å². The van der Waals surface area contributed by atoms with Crippen molar-refractivity contribution >= 4 is 27.2 Å². The van der Waals surface area contributed by atoms with E-state index in [1.807, 2.05) is 0 Å². The molecule has 0 bridgehead atoms. The lowest BCUT2D eigenvalue weighted by molar-refractivity contribution is 0.733. The predicted octanol–water partition coefficient (Wildman–Crippen LogP) is 1.15. The lowest BCUT2D eigenvalue weighted by atomic mass is 10.3. The van der Waals surface area contributed by atoms with Crippen molar-refractivity contribution in [3.05, 3.63) is 68.2 Å². The lowest BCUT2D eigenvalue weighted by Gasteiger charge is -2.06. The molecule has 0 fully saturated rings. The van der Waals surface area contributed by atoms with Crippen molar-refractivity contribution in [2.24, 2.45) is 5.84 Å². The molecular formula is C14H12N4O2S. The Bertz CT molecular complexity index is 916. The molecule has 2 heterocycles. The van der Waals surface area contributed by atoms with E-state index in [1.54, 1.807) is 42.5 Å². The van der Waals surface area contributed by atoms with Crippen LogP contribution >= 0.6 is 11.3 Å². The van der Waals surface area contributed by atoms with Crippen LogP contribution in [0.4, 0.5) is 5.82 Å². The first kappa shape index (κ1) is 13.5. The number of pyridine rings is 1. The van der Waals surface area contributed by atoms with E-state index in [2.05, 4.69) is 10.4 Å². The van der Waals surface area contributed by atoms with Gasteiger partial charge in [-0.3, -0.25) is 14.2 Å². The molecule has 0 atom stereocenters. The van der Waals surface area contributed by atoms with E-state index < -0.39 is 0 Å². The molecule has 7 heteroatoms. The Morgan fingerprint density at radius 2 is 1.95 bits per heavy atom. The first-order valence-corrected chi connectivity index (χ1v) is 7.06. The fraction of sp³-hybridized carbons (Fsp3) is 0.0714. The van der Waals surface area contributed by atoms with E-state index in [9.17, 15) is 9.59 Å². The highest BCUT2D eigenvalue weighted by Gasteiger charge is 2.09. The molecule has 0 saturated carbocycles. The van der Waals surface area contributed by atoms with Gasteiger partial charge in [-0.15, -0.1) is 0 Å². The molecule has 0 radical (unpaired) electrons. The van der Waals surface area contributed by atoms with Gasteiger partial charge in [0.05, 0.1) is 17.6 Å². The van der Waals surface area contributed by atoms with E-state index in [-0.39, 0.29) is 17.0 Å². The Kier molecular flexibility index (Phi) is 3.51. The molecule has 6 nitrogen and oxygen atoms in total. The summed E-state index contributed by atoms with van der Waals surface area (Å²) >= 11 is 1.05. The number of nitrogens with one attached hydrogen (secondary N) is 1. The Labute approximate surface area is 123 Å². The highest BCUT2D eigenvalue weighted by Crippen LogP contribution is 2.11. The quantitative estimate of drug-likeness (QED) is 0.559. The fourth-order valence-electron chi connectivity index (χ4n) is 2.06. The molecule has 0 aliphatic carbocycles. The van der Waals surface area contributed by atoms with Crippen molar-refractivity contribution in [1.29, 1.82) is 0 Å². The Hall–Kier alpha value is -2.51. The minimum atomic E-state index is -0.303. The smallest absolute Gasteiger partial charge is 0.308 e. The van der Waals surface area contributed by atoms with Gasteiger partial charge in [0.25, 0.3) is 5.56 Å². The van der Waals surface area contributed by atoms with Gasteiger partial charge in [0, 0.05) is 4.70 Å². The molecule has 0 aliphatic rings.